The van der Waals surface area contributed by atoms with Gasteiger partial charge in [0.05, 0.1) is 16.2 Å². The summed E-state index contributed by atoms with van der Waals surface area (Å²) in [5, 5.41) is 5.40. The molecular formula is C21H17N3O3S2. The number of para-hydroxylation sites is 1. The molecule has 146 valence electrons. The van der Waals surface area contributed by atoms with E-state index in [9.17, 15) is 14.4 Å². The van der Waals surface area contributed by atoms with E-state index in [-0.39, 0.29) is 29.2 Å². The minimum atomic E-state index is -0.382. The normalized spacial score (nSPS) is 18.1. The van der Waals surface area contributed by atoms with E-state index in [0.717, 1.165) is 17.3 Å². The lowest BCUT2D eigenvalue weighted by atomic mass is 10.1. The first kappa shape index (κ1) is 19.4. The van der Waals surface area contributed by atoms with Gasteiger partial charge in [0, 0.05) is 12.1 Å². The highest BCUT2D eigenvalue weighted by Gasteiger charge is 2.39. The fourth-order valence-electron chi connectivity index (χ4n) is 3.33. The van der Waals surface area contributed by atoms with Crippen molar-refractivity contribution in [1.29, 1.82) is 0 Å². The van der Waals surface area contributed by atoms with E-state index in [4.69, 9.17) is 12.2 Å². The second-order valence-electron chi connectivity index (χ2n) is 6.54. The number of anilines is 1. The zero-order valence-corrected chi connectivity index (χ0v) is 16.9. The van der Waals surface area contributed by atoms with Gasteiger partial charge in [0.2, 0.25) is 5.91 Å². The number of thioether (sulfide) groups is 1. The number of hydrogen-bond acceptors (Lipinski definition) is 5. The highest BCUT2D eigenvalue weighted by molar-refractivity contribution is 8.27. The largest absolute Gasteiger partial charge is 0.354 e. The number of rotatable bonds is 5. The van der Waals surface area contributed by atoms with Crippen LogP contribution in [0.1, 0.15) is 11.1 Å². The Balaban J connectivity index is 1.50. The monoisotopic (exact) mass is 423 g/mol. The Morgan fingerprint density at radius 2 is 1.79 bits per heavy atom. The van der Waals surface area contributed by atoms with Crippen LogP contribution < -0.4 is 15.5 Å². The molecule has 0 unspecified atom stereocenters. The average Bonchev–Trinajstić information content (AvgIpc) is 3.18. The predicted octanol–water partition coefficient (Wildman–Crippen LogP) is 2.25. The Labute approximate surface area is 177 Å². The van der Waals surface area contributed by atoms with E-state index >= 15 is 0 Å². The van der Waals surface area contributed by atoms with Gasteiger partial charge in [-0.25, -0.2) is 0 Å². The van der Waals surface area contributed by atoms with Crippen molar-refractivity contribution in [3.63, 3.8) is 0 Å². The van der Waals surface area contributed by atoms with Crippen LogP contribution in [0, 0.1) is 0 Å². The van der Waals surface area contributed by atoms with Gasteiger partial charge in [-0.3, -0.25) is 19.3 Å². The van der Waals surface area contributed by atoms with Crippen LogP contribution in [-0.4, -0.2) is 35.1 Å². The van der Waals surface area contributed by atoms with Gasteiger partial charge in [-0.15, -0.1) is 0 Å². The molecule has 0 aliphatic carbocycles. The summed E-state index contributed by atoms with van der Waals surface area (Å²) in [4.78, 5) is 39.4. The summed E-state index contributed by atoms with van der Waals surface area (Å²) in [6, 6.07) is 17.0. The van der Waals surface area contributed by atoms with Crippen LogP contribution in [0.5, 0.6) is 0 Å². The van der Waals surface area contributed by atoms with Crippen molar-refractivity contribution in [2.45, 2.75) is 6.42 Å². The zero-order valence-electron chi connectivity index (χ0n) is 15.3. The number of carbonyl (C=O) groups is 3. The van der Waals surface area contributed by atoms with Crippen molar-refractivity contribution in [3.8, 4) is 0 Å². The molecule has 0 saturated carbocycles. The van der Waals surface area contributed by atoms with Crippen molar-refractivity contribution in [1.82, 2.24) is 10.6 Å². The fraction of sp³-hybridized carbons (Fsp3) is 0.143. The predicted molar refractivity (Wildman–Crippen MR) is 117 cm³/mol. The molecule has 0 aromatic heterocycles. The Bertz CT molecular complexity index is 1050. The van der Waals surface area contributed by atoms with Crippen molar-refractivity contribution < 1.29 is 14.4 Å². The van der Waals surface area contributed by atoms with Crippen LogP contribution in [0.2, 0.25) is 0 Å². The number of nitrogens with one attached hydrogen (secondary N) is 2. The van der Waals surface area contributed by atoms with Crippen LogP contribution in [-0.2, 0) is 20.8 Å². The third-order valence-corrected chi connectivity index (χ3v) is 5.88. The standard InChI is InChI=1S/C21H17N3O3S2/c25-16(22-11-10-13-6-2-1-3-7-13)12-24-15-9-5-4-8-14(15)17(20(24)27)18-19(26)23-21(28)29-18/h1-9H,10-12H2,(H,22,25)(H,23,26,28). The van der Waals surface area contributed by atoms with E-state index in [1.807, 2.05) is 30.3 Å². The summed E-state index contributed by atoms with van der Waals surface area (Å²) in [5.41, 5.74) is 2.67. The number of thiocarbonyl (C=S) groups is 1. The number of benzene rings is 2. The van der Waals surface area contributed by atoms with Crippen molar-refractivity contribution >= 4 is 57.3 Å². The number of amides is 3. The average molecular weight is 424 g/mol. The molecule has 0 bridgehead atoms. The molecule has 3 amide bonds. The van der Waals surface area contributed by atoms with Crippen LogP contribution in [0.25, 0.3) is 5.57 Å². The van der Waals surface area contributed by atoms with Gasteiger partial charge in [-0.05, 0) is 18.1 Å². The Morgan fingerprint density at radius 3 is 2.52 bits per heavy atom. The number of fused-ring (bicyclic) bond motifs is 1. The molecule has 2 aliphatic heterocycles. The van der Waals surface area contributed by atoms with Crippen LogP contribution >= 0.6 is 24.0 Å². The van der Waals surface area contributed by atoms with Crippen molar-refractivity contribution in [3.05, 3.63) is 70.6 Å². The summed E-state index contributed by atoms with van der Waals surface area (Å²) in [6.45, 7) is 0.366. The van der Waals surface area contributed by atoms with Gasteiger partial charge in [0.25, 0.3) is 11.8 Å². The second kappa shape index (κ2) is 8.18. The van der Waals surface area contributed by atoms with Gasteiger partial charge in [-0.1, -0.05) is 72.5 Å². The minimum Gasteiger partial charge on any atom is -0.354 e. The molecule has 0 spiro atoms. The molecule has 29 heavy (non-hydrogen) atoms. The maximum atomic E-state index is 13.1. The van der Waals surface area contributed by atoms with Gasteiger partial charge in [0.1, 0.15) is 10.9 Å². The van der Waals surface area contributed by atoms with E-state index in [1.54, 1.807) is 24.3 Å². The Hall–Kier alpha value is -2.97. The van der Waals surface area contributed by atoms with Crippen LogP contribution in [0.15, 0.2) is 59.5 Å². The lowest BCUT2D eigenvalue weighted by Gasteiger charge is -2.16. The molecule has 2 aromatic carbocycles. The maximum absolute atomic E-state index is 13.1. The first-order valence-electron chi connectivity index (χ1n) is 9.04. The number of hydrogen-bond donors (Lipinski definition) is 2. The molecule has 2 aromatic rings. The minimum absolute atomic E-state index is 0.113. The Kier molecular flexibility index (Phi) is 5.46. The molecule has 6 nitrogen and oxygen atoms in total. The smallest absolute Gasteiger partial charge is 0.264 e. The zero-order chi connectivity index (χ0) is 20.4. The number of nitrogens with zero attached hydrogens (tertiary/aromatic N) is 1. The first-order valence-corrected chi connectivity index (χ1v) is 10.3. The van der Waals surface area contributed by atoms with Crippen LogP contribution in [0.3, 0.4) is 0 Å². The quantitative estimate of drug-likeness (QED) is 0.570. The van der Waals surface area contributed by atoms with Crippen molar-refractivity contribution in [2.24, 2.45) is 0 Å². The van der Waals surface area contributed by atoms with Gasteiger partial charge < -0.3 is 10.6 Å². The van der Waals surface area contributed by atoms with Gasteiger partial charge in [-0.2, -0.15) is 0 Å². The number of carbonyl (C=O) groups excluding carboxylic acids is 3. The summed E-state index contributed by atoms with van der Waals surface area (Å²) in [7, 11) is 0. The summed E-state index contributed by atoms with van der Waals surface area (Å²) in [5.74, 6) is -1.01. The molecule has 0 radical (unpaired) electrons. The molecule has 1 fully saturated rings. The fourth-order valence-corrected chi connectivity index (χ4v) is 4.44. The molecule has 4 rings (SSSR count). The van der Waals surface area contributed by atoms with Crippen molar-refractivity contribution in [2.75, 3.05) is 18.0 Å². The van der Waals surface area contributed by atoms with E-state index in [0.29, 0.717) is 34.1 Å². The molecule has 2 heterocycles. The summed E-state index contributed by atoms with van der Waals surface area (Å²) in [6.07, 6.45) is 0.709. The topological polar surface area (TPSA) is 78.5 Å². The third-order valence-electron chi connectivity index (χ3n) is 4.65. The van der Waals surface area contributed by atoms with Gasteiger partial charge >= 0.3 is 0 Å². The first-order chi connectivity index (χ1) is 14.0. The lowest BCUT2D eigenvalue weighted by molar-refractivity contribution is -0.121. The highest BCUT2D eigenvalue weighted by atomic mass is 32.2. The van der Waals surface area contributed by atoms with Crippen LogP contribution in [0.4, 0.5) is 5.69 Å². The molecule has 1 saturated heterocycles. The maximum Gasteiger partial charge on any atom is 0.264 e. The summed E-state index contributed by atoms with van der Waals surface area (Å²) >= 11 is 6.11. The third kappa shape index (κ3) is 3.94. The molecule has 2 aliphatic rings. The van der Waals surface area contributed by atoms with E-state index < -0.39 is 0 Å². The molecule has 0 atom stereocenters. The lowest BCUT2D eigenvalue weighted by Crippen LogP contribution is -2.39. The second-order valence-corrected chi connectivity index (χ2v) is 8.23. The molecule has 8 heteroatoms. The van der Waals surface area contributed by atoms with E-state index in [2.05, 4.69) is 10.6 Å². The Morgan fingerprint density at radius 1 is 1.07 bits per heavy atom. The van der Waals surface area contributed by atoms with E-state index in [1.165, 1.54) is 4.90 Å². The highest BCUT2D eigenvalue weighted by Crippen LogP contribution is 2.42. The SMILES string of the molecule is O=C(CN1C(=O)C(=C2SC(=S)NC2=O)c2ccccc21)NCCc1ccccc1. The summed E-state index contributed by atoms with van der Waals surface area (Å²) < 4.78 is 0.319. The molecule has 2 N–H and O–H groups in total. The molecular weight excluding hydrogens is 406 g/mol. The van der Waals surface area contributed by atoms with Gasteiger partial charge in [0.15, 0.2) is 0 Å².